The van der Waals surface area contributed by atoms with Crippen LogP contribution >= 0.6 is 12.6 Å². The Bertz CT molecular complexity index is 3990. The van der Waals surface area contributed by atoms with Gasteiger partial charge in [0.25, 0.3) is 0 Å². The van der Waals surface area contributed by atoms with Crippen LogP contribution in [0.4, 0.5) is 0 Å². The zero-order valence-corrected chi connectivity index (χ0v) is 76.2. The lowest BCUT2D eigenvalue weighted by Crippen LogP contribution is -2.49. The third-order valence-corrected chi connectivity index (χ3v) is 21.4. The summed E-state index contributed by atoms with van der Waals surface area (Å²) >= 11 is 4.35. The maximum absolute atomic E-state index is 15.2. The highest BCUT2D eigenvalue weighted by Gasteiger charge is 2.38. The van der Waals surface area contributed by atoms with Gasteiger partial charge in [0.15, 0.2) is 94.1 Å². The SMILES string of the molecule is CCC(=O)C[C@H](CCCNC(=N)N)C(=O)N[C@H](CCCNC(=N)N)C(=O)C[C@H](CCCNC(=N)N)C(=O)N[C@H](CCCNC(=N)N)C(=O)C[C@H](CCCNC(=N)N)C(=O)N[C@H](CCCNC(=N)N)C(=O)C[C@H](CCCNC(=N)N)C(=O)N[C@H](CCCNC(=N)N)C(=O)C[C@H](CCCNC(=N)N)C(=O)N[C@H](CS)C(=O)CCCOCC(=O)C[C@@H](Cc1ccc(C(C)=O)cc1)C(N)=O. The zero-order chi connectivity index (χ0) is 98.5. The van der Waals surface area contributed by atoms with Gasteiger partial charge in [0.05, 0.1) is 30.2 Å². The number of ether oxygens (including phenoxy) is 1. The molecule has 131 heavy (non-hydrogen) atoms. The molecule has 43 N–H and O–H groups in total. The van der Waals surface area contributed by atoms with Gasteiger partial charge in [-0.1, -0.05) is 31.2 Å². The third-order valence-electron chi connectivity index (χ3n) is 21.1. The van der Waals surface area contributed by atoms with Crippen molar-refractivity contribution in [2.45, 2.75) is 224 Å². The summed E-state index contributed by atoms with van der Waals surface area (Å²) in [6, 6.07) is -0.288. The predicted molar refractivity (Wildman–Crippen MR) is 499 cm³/mol. The Morgan fingerprint density at radius 3 is 0.802 bits per heavy atom. The van der Waals surface area contributed by atoms with Crippen molar-refractivity contribution in [2.24, 2.45) is 92.8 Å². The molecule has 0 aliphatic rings. The molecule has 0 aliphatic carbocycles. The first-order valence-electron chi connectivity index (χ1n) is 43.9. The Balaban J connectivity index is 4.00. The third kappa shape index (κ3) is 54.9. The molecule has 0 heterocycles. The van der Waals surface area contributed by atoms with E-state index in [-0.39, 0.29) is 248 Å². The van der Waals surface area contributed by atoms with Crippen molar-refractivity contribution in [3.8, 4) is 0 Å². The highest BCUT2D eigenvalue weighted by molar-refractivity contribution is 7.80. The van der Waals surface area contributed by atoms with Gasteiger partial charge in [-0.15, -0.1) is 0 Å². The molecule has 1 rings (SSSR count). The molecule has 0 aliphatic heterocycles. The van der Waals surface area contributed by atoms with E-state index in [1.165, 1.54) is 6.92 Å². The largest absolute Gasteiger partial charge is 0.374 e. The molecule has 48 nitrogen and oxygen atoms in total. The fourth-order valence-corrected chi connectivity index (χ4v) is 14.3. The van der Waals surface area contributed by atoms with Crippen LogP contribution in [0.15, 0.2) is 24.3 Å². The Morgan fingerprint density at radius 2 is 0.565 bits per heavy atom. The number of carbonyl (C=O) groups is 14. The van der Waals surface area contributed by atoms with Gasteiger partial charge in [-0.05, 0) is 141 Å². The van der Waals surface area contributed by atoms with Gasteiger partial charge < -0.3 is 137 Å². The number of benzene rings is 1. The van der Waals surface area contributed by atoms with Crippen LogP contribution in [0.5, 0.6) is 0 Å². The first-order valence-corrected chi connectivity index (χ1v) is 44.6. The summed E-state index contributed by atoms with van der Waals surface area (Å²) in [5, 5.41) is 107. The fraction of sp³-hybridized carbons (Fsp3) is 0.646. The molecule has 0 radical (unpaired) electrons. The second kappa shape index (κ2) is 66.5. The highest BCUT2D eigenvalue weighted by Crippen LogP contribution is 2.25. The highest BCUT2D eigenvalue weighted by atomic mass is 32.1. The van der Waals surface area contributed by atoms with E-state index in [9.17, 15) is 43.2 Å². The second-order valence-corrected chi connectivity index (χ2v) is 32.4. The summed E-state index contributed by atoms with van der Waals surface area (Å²) in [6.07, 6.45) is -2.34. The van der Waals surface area contributed by atoms with Gasteiger partial charge in [-0.3, -0.25) is 116 Å². The molecule has 0 saturated heterocycles. The molecular formula is C82H145N33O15S. The lowest BCUT2D eigenvalue weighted by Gasteiger charge is -2.27. The molecular weight excluding hydrogens is 1720 g/mol. The van der Waals surface area contributed by atoms with E-state index < -0.39 is 204 Å². The van der Waals surface area contributed by atoms with Crippen LogP contribution in [0.1, 0.15) is 203 Å². The minimum absolute atomic E-state index is 0.00147. The lowest BCUT2D eigenvalue weighted by molar-refractivity contribution is -0.136. The minimum atomic E-state index is -1.48. The molecule has 6 amide bonds. The van der Waals surface area contributed by atoms with Gasteiger partial charge in [-0.25, -0.2) is 0 Å². The van der Waals surface area contributed by atoms with Crippen molar-refractivity contribution in [3.05, 3.63) is 35.4 Å². The fourth-order valence-electron chi connectivity index (χ4n) is 14.0. The van der Waals surface area contributed by atoms with Crippen molar-refractivity contribution < 1.29 is 71.9 Å². The standard InChI is InChI=1S/C82H145N33O15S/c1-3-56(117)39-50(14-4-28-102-74(84)85)69(125)111-58(19-9-33-107-79(94)95)64(120)41-51(15-5-29-103-75(86)87)70(126)112-59(20-10-34-108-80(96)97)65(121)42-52(16-6-30-104-76(88)89)71(127)113-60(21-11-35-109-81(98)99)66(122)43-53(17-7-31-105-77(90)91)72(128)114-61(22-12-36-110-82(100)101)67(123)44-54(18-8-32-106-78(92)93)73(129)115-62(46-131)63(119)23-13-37-130-45-57(118)40-55(68(83)124)38-48-24-26-49(27-25-48)47(2)116/h24-27,50-55,58-62,131H,3-23,28-46H2,1-2H3,(H2,83,124)(H,111,125)(H,112,126)(H,113,127)(H,114,128)(H,115,129)(H4,84,85,102)(H4,86,87,103)(H4,88,89,104)(H4,90,91,105)(H4,92,93,106)(H4,94,95,107)(H4,96,97,108)(H4,98,99,109)(H4,100,101,110)/t50-,51-,52-,53-,54-,55+,58+,59+,60+,61+,62+/m0/s1. The smallest absolute Gasteiger partial charge is 0.224 e. The molecule has 734 valence electrons. The summed E-state index contributed by atoms with van der Waals surface area (Å²) in [5.74, 6) is -19.5. The van der Waals surface area contributed by atoms with Crippen LogP contribution in [0.3, 0.4) is 0 Å². The molecule has 0 bridgehead atoms. The molecule has 0 aromatic heterocycles. The summed E-state index contributed by atoms with van der Waals surface area (Å²) < 4.78 is 5.57. The van der Waals surface area contributed by atoms with E-state index in [4.69, 9.17) is 111 Å². The van der Waals surface area contributed by atoms with Crippen LogP contribution in [0.25, 0.3) is 0 Å². The minimum Gasteiger partial charge on any atom is -0.374 e. The predicted octanol–water partition coefficient (Wildman–Crippen LogP) is -4.13. The molecule has 0 fully saturated rings. The topological polar surface area (TPSA) is 891 Å². The number of Topliss-reactive ketones (excluding diaryl/α,β-unsaturated/α-hetero) is 8. The van der Waals surface area contributed by atoms with Gasteiger partial charge >= 0.3 is 0 Å². The number of hydrogen-bond acceptors (Lipinski definition) is 25. The van der Waals surface area contributed by atoms with Crippen LogP contribution in [-0.2, 0) is 73.5 Å². The van der Waals surface area contributed by atoms with Gasteiger partial charge in [0.2, 0.25) is 35.4 Å². The Labute approximate surface area is 769 Å². The average Bonchev–Trinajstić information content (AvgIpc) is 0.841. The van der Waals surface area contributed by atoms with Crippen molar-refractivity contribution in [1.29, 1.82) is 48.7 Å². The van der Waals surface area contributed by atoms with E-state index in [2.05, 4.69) is 87.1 Å². The molecule has 0 unspecified atom stereocenters. The molecule has 0 spiro atoms. The number of amides is 6. The van der Waals surface area contributed by atoms with Gasteiger partial charge in [0.1, 0.15) is 12.4 Å². The summed E-state index contributed by atoms with van der Waals surface area (Å²) in [4.78, 5) is 198. The summed E-state index contributed by atoms with van der Waals surface area (Å²) in [6.45, 7) is 2.97. The monoisotopic (exact) mass is 1860 g/mol. The molecule has 49 heteroatoms. The van der Waals surface area contributed by atoms with Crippen LogP contribution < -0.4 is 132 Å². The first-order chi connectivity index (χ1) is 62.0. The molecule has 1 aromatic carbocycles. The van der Waals surface area contributed by atoms with Crippen LogP contribution in [-0.4, -0.2) is 243 Å². The first kappa shape index (κ1) is 116. The quantitative estimate of drug-likeness (QED) is 0.00968. The number of nitrogens with one attached hydrogen (secondary N) is 23. The summed E-state index contributed by atoms with van der Waals surface area (Å²) in [7, 11) is 0. The maximum Gasteiger partial charge on any atom is 0.224 e. The molecule has 1 aromatic rings. The van der Waals surface area contributed by atoms with Crippen LogP contribution in [0, 0.1) is 84.2 Å². The Kier molecular flexibility index (Phi) is 59.0. The van der Waals surface area contributed by atoms with E-state index >= 15 is 24.0 Å². The van der Waals surface area contributed by atoms with E-state index in [1.807, 2.05) is 0 Å². The number of ketones is 8. The molecule has 11 atom stereocenters. The number of rotatable bonds is 75. The maximum atomic E-state index is 15.2. The summed E-state index contributed by atoms with van der Waals surface area (Å²) in [5.41, 5.74) is 57.1. The van der Waals surface area contributed by atoms with Crippen molar-refractivity contribution in [2.75, 3.05) is 77.9 Å². The second-order valence-electron chi connectivity index (χ2n) is 32.0. The Hall–Kier alpha value is -12.9. The Morgan fingerprint density at radius 1 is 0.321 bits per heavy atom. The lowest BCUT2D eigenvalue weighted by atomic mass is 9.88. The normalized spacial score (nSPS) is 13.4. The number of nitrogens with two attached hydrogens (primary N) is 10. The van der Waals surface area contributed by atoms with E-state index in [0.717, 1.165) is 0 Å². The van der Waals surface area contributed by atoms with Crippen molar-refractivity contribution >= 4 is 148 Å². The number of hydrogen-bond donors (Lipinski definition) is 34. The molecule has 0 saturated carbocycles. The number of guanidine groups is 9. The zero-order valence-electron chi connectivity index (χ0n) is 75.3. The number of thiol groups is 1. The number of primary amides is 1. The van der Waals surface area contributed by atoms with Crippen LogP contribution in [0.2, 0.25) is 0 Å². The van der Waals surface area contributed by atoms with E-state index in [0.29, 0.717) is 17.5 Å². The van der Waals surface area contributed by atoms with Crippen molar-refractivity contribution in [3.63, 3.8) is 0 Å². The van der Waals surface area contributed by atoms with Gasteiger partial charge in [-0.2, -0.15) is 12.6 Å². The van der Waals surface area contributed by atoms with Crippen molar-refractivity contribution in [1.82, 2.24) is 74.4 Å². The number of carbonyl (C=O) groups excluding carboxylic acids is 14. The average molecular weight is 1870 g/mol. The van der Waals surface area contributed by atoms with Gasteiger partial charge in [0, 0.05) is 164 Å². The van der Waals surface area contributed by atoms with E-state index in [1.54, 1.807) is 31.2 Å².